The van der Waals surface area contributed by atoms with Gasteiger partial charge < -0.3 is 10.5 Å². The molecule has 0 amide bonds. The number of rotatable bonds is 6. The van der Waals surface area contributed by atoms with Gasteiger partial charge >= 0.3 is 0 Å². The molecule has 0 aliphatic heterocycles. The maximum Gasteiger partial charge on any atom is 0.121 e. The molecule has 0 aliphatic carbocycles. The van der Waals surface area contributed by atoms with Gasteiger partial charge in [0, 0.05) is 22.4 Å². The number of anilines is 1. The molecule has 2 rings (SSSR count). The largest absolute Gasteiger partial charge is 0.493 e. The Morgan fingerprint density at radius 1 is 1.14 bits per heavy atom. The van der Waals surface area contributed by atoms with E-state index in [0.717, 1.165) is 28.2 Å². The zero-order valence-electron chi connectivity index (χ0n) is 12.5. The SMILES string of the molecule is Cc1ccc(C)c(S(=O)CCCOc2cccc(N)c2)c1. The topological polar surface area (TPSA) is 52.3 Å². The van der Waals surface area contributed by atoms with Crippen molar-refractivity contribution in [3.05, 3.63) is 53.6 Å². The summed E-state index contributed by atoms with van der Waals surface area (Å²) in [7, 11) is -0.972. The van der Waals surface area contributed by atoms with Gasteiger partial charge in [-0.05, 0) is 49.6 Å². The van der Waals surface area contributed by atoms with Crippen LogP contribution in [0.3, 0.4) is 0 Å². The number of nitrogens with two attached hydrogens (primary N) is 1. The Bertz CT molecular complexity index is 640. The van der Waals surface area contributed by atoms with E-state index < -0.39 is 10.8 Å². The maximum atomic E-state index is 12.3. The van der Waals surface area contributed by atoms with E-state index in [1.54, 1.807) is 6.07 Å². The van der Waals surface area contributed by atoms with E-state index in [1.165, 1.54) is 0 Å². The van der Waals surface area contributed by atoms with Crippen LogP contribution in [0.15, 0.2) is 47.4 Å². The van der Waals surface area contributed by atoms with Crippen LogP contribution in [0.1, 0.15) is 17.5 Å². The number of benzene rings is 2. The molecule has 0 saturated heterocycles. The van der Waals surface area contributed by atoms with Crippen molar-refractivity contribution in [3.63, 3.8) is 0 Å². The summed E-state index contributed by atoms with van der Waals surface area (Å²) in [6.07, 6.45) is 0.745. The maximum absolute atomic E-state index is 12.3. The van der Waals surface area contributed by atoms with Crippen LogP contribution in [0.2, 0.25) is 0 Å². The molecule has 0 bridgehead atoms. The van der Waals surface area contributed by atoms with Crippen LogP contribution in [0, 0.1) is 13.8 Å². The van der Waals surface area contributed by atoms with Crippen LogP contribution in [0.4, 0.5) is 5.69 Å². The van der Waals surface area contributed by atoms with Crippen molar-refractivity contribution in [2.24, 2.45) is 0 Å². The molecule has 0 aromatic heterocycles. The average molecular weight is 303 g/mol. The molecular weight excluding hydrogens is 282 g/mol. The monoisotopic (exact) mass is 303 g/mol. The Labute approximate surface area is 128 Å². The smallest absolute Gasteiger partial charge is 0.121 e. The Morgan fingerprint density at radius 3 is 2.71 bits per heavy atom. The lowest BCUT2D eigenvalue weighted by Gasteiger charge is -2.09. The van der Waals surface area contributed by atoms with E-state index in [-0.39, 0.29) is 0 Å². The van der Waals surface area contributed by atoms with Gasteiger partial charge in [-0.2, -0.15) is 0 Å². The molecule has 0 saturated carbocycles. The highest BCUT2D eigenvalue weighted by molar-refractivity contribution is 7.85. The fraction of sp³-hybridized carbons (Fsp3) is 0.294. The highest BCUT2D eigenvalue weighted by atomic mass is 32.2. The molecule has 0 spiro atoms. The van der Waals surface area contributed by atoms with Crippen molar-refractivity contribution in [2.45, 2.75) is 25.2 Å². The first-order valence-corrected chi connectivity index (χ1v) is 8.32. The van der Waals surface area contributed by atoms with Gasteiger partial charge in [0.25, 0.3) is 0 Å². The fourth-order valence-corrected chi connectivity index (χ4v) is 3.39. The number of hydrogen-bond donors (Lipinski definition) is 1. The van der Waals surface area contributed by atoms with E-state index in [4.69, 9.17) is 10.5 Å². The van der Waals surface area contributed by atoms with Crippen LogP contribution < -0.4 is 10.5 Å². The first-order chi connectivity index (χ1) is 10.1. The Balaban J connectivity index is 1.83. The summed E-state index contributed by atoms with van der Waals surface area (Å²) in [5.74, 6) is 1.36. The third-order valence-corrected chi connectivity index (χ3v) is 4.78. The van der Waals surface area contributed by atoms with Crippen LogP contribution in [-0.2, 0) is 10.8 Å². The van der Waals surface area contributed by atoms with Crippen molar-refractivity contribution >= 4 is 16.5 Å². The Hall–Kier alpha value is -1.81. The van der Waals surface area contributed by atoms with Crippen LogP contribution in [0.25, 0.3) is 0 Å². The van der Waals surface area contributed by atoms with Crippen LogP contribution >= 0.6 is 0 Å². The molecule has 0 fully saturated rings. The molecule has 0 heterocycles. The lowest BCUT2D eigenvalue weighted by Crippen LogP contribution is -2.06. The molecule has 3 nitrogen and oxygen atoms in total. The van der Waals surface area contributed by atoms with E-state index in [2.05, 4.69) is 0 Å². The minimum absolute atomic E-state index is 0.542. The van der Waals surface area contributed by atoms with Gasteiger partial charge in [-0.25, -0.2) is 0 Å². The van der Waals surface area contributed by atoms with Gasteiger partial charge in [0.05, 0.1) is 17.4 Å². The molecule has 0 radical (unpaired) electrons. The molecule has 1 unspecified atom stereocenters. The summed E-state index contributed by atoms with van der Waals surface area (Å²) in [5.41, 5.74) is 8.59. The Kier molecular flexibility index (Phi) is 5.39. The molecule has 2 aromatic rings. The predicted octanol–water partition coefficient (Wildman–Crippen LogP) is 3.46. The van der Waals surface area contributed by atoms with Gasteiger partial charge in [0.2, 0.25) is 0 Å². The lowest BCUT2D eigenvalue weighted by molar-refractivity contribution is 0.318. The van der Waals surface area contributed by atoms with Gasteiger partial charge in [-0.15, -0.1) is 0 Å². The molecule has 112 valence electrons. The number of aryl methyl sites for hydroxylation is 2. The van der Waals surface area contributed by atoms with Crippen molar-refractivity contribution in [3.8, 4) is 5.75 Å². The van der Waals surface area contributed by atoms with Crippen molar-refractivity contribution in [1.82, 2.24) is 0 Å². The van der Waals surface area contributed by atoms with E-state index in [1.807, 2.05) is 50.2 Å². The molecule has 2 N–H and O–H groups in total. The van der Waals surface area contributed by atoms with E-state index in [0.29, 0.717) is 18.0 Å². The fourth-order valence-electron chi connectivity index (χ4n) is 2.05. The summed E-state index contributed by atoms with van der Waals surface area (Å²) in [5, 5.41) is 0. The summed E-state index contributed by atoms with van der Waals surface area (Å²) in [4.78, 5) is 0.930. The highest BCUT2D eigenvalue weighted by Crippen LogP contribution is 2.17. The second kappa shape index (κ2) is 7.27. The second-order valence-electron chi connectivity index (χ2n) is 5.09. The Morgan fingerprint density at radius 2 is 1.95 bits per heavy atom. The molecule has 2 aromatic carbocycles. The van der Waals surface area contributed by atoms with Gasteiger partial charge in [-0.3, -0.25) is 4.21 Å². The third kappa shape index (κ3) is 4.60. The van der Waals surface area contributed by atoms with E-state index >= 15 is 0 Å². The number of nitrogen functional groups attached to an aromatic ring is 1. The third-order valence-electron chi connectivity index (χ3n) is 3.19. The normalized spacial score (nSPS) is 12.1. The van der Waals surface area contributed by atoms with Crippen LogP contribution in [-0.4, -0.2) is 16.6 Å². The minimum Gasteiger partial charge on any atom is -0.493 e. The second-order valence-corrected chi connectivity index (χ2v) is 6.63. The van der Waals surface area contributed by atoms with Gasteiger partial charge in [-0.1, -0.05) is 18.2 Å². The summed E-state index contributed by atoms with van der Waals surface area (Å²) >= 11 is 0. The quantitative estimate of drug-likeness (QED) is 0.657. The predicted molar refractivity (Wildman–Crippen MR) is 88.2 cm³/mol. The number of ether oxygens (including phenoxy) is 1. The minimum atomic E-state index is -0.972. The van der Waals surface area contributed by atoms with Crippen molar-refractivity contribution in [1.29, 1.82) is 0 Å². The highest BCUT2D eigenvalue weighted by Gasteiger charge is 2.07. The van der Waals surface area contributed by atoms with Gasteiger partial charge in [0.15, 0.2) is 0 Å². The molecule has 21 heavy (non-hydrogen) atoms. The lowest BCUT2D eigenvalue weighted by atomic mass is 10.2. The van der Waals surface area contributed by atoms with E-state index in [9.17, 15) is 4.21 Å². The first-order valence-electron chi connectivity index (χ1n) is 7.00. The number of hydrogen-bond acceptors (Lipinski definition) is 3. The van der Waals surface area contributed by atoms with Crippen molar-refractivity contribution in [2.75, 3.05) is 18.1 Å². The molecular formula is C17H21NO2S. The summed E-state index contributed by atoms with van der Waals surface area (Å²) in [6.45, 7) is 4.55. The van der Waals surface area contributed by atoms with Crippen molar-refractivity contribution < 1.29 is 8.95 Å². The summed E-state index contributed by atoms with van der Waals surface area (Å²) in [6, 6.07) is 13.4. The van der Waals surface area contributed by atoms with Gasteiger partial charge in [0.1, 0.15) is 5.75 Å². The molecule has 0 aliphatic rings. The first kappa shape index (κ1) is 15.6. The summed E-state index contributed by atoms with van der Waals surface area (Å²) < 4.78 is 17.9. The zero-order valence-corrected chi connectivity index (χ0v) is 13.3. The molecule has 1 atom stereocenters. The molecule has 4 heteroatoms. The average Bonchev–Trinajstić information content (AvgIpc) is 2.46. The zero-order chi connectivity index (χ0) is 15.2. The standard InChI is InChI=1S/C17H21NO2S/c1-13-7-8-14(2)17(11-13)21(19)10-4-9-20-16-6-3-5-15(18)12-16/h3,5-8,11-12H,4,9-10,18H2,1-2H3. The van der Waals surface area contributed by atoms with Crippen LogP contribution in [0.5, 0.6) is 5.75 Å².